The molecule has 1 aromatic carbocycles. The number of oxazole rings is 1. The Morgan fingerprint density at radius 1 is 1.28 bits per heavy atom. The largest absolute Gasteiger partial charge is 0.435 e. The lowest BCUT2D eigenvalue weighted by Crippen LogP contribution is -1.94. The summed E-state index contributed by atoms with van der Waals surface area (Å²) >= 11 is 1.54. The van der Waals surface area contributed by atoms with Crippen molar-refractivity contribution in [3.8, 4) is 10.8 Å². The number of rotatable bonds is 2. The summed E-state index contributed by atoms with van der Waals surface area (Å²) in [6, 6.07) is 5.99. The van der Waals surface area contributed by atoms with E-state index in [4.69, 9.17) is 10.2 Å². The minimum absolute atomic E-state index is 0.449. The number of aryl methyl sites for hydroxylation is 2. The van der Waals surface area contributed by atoms with E-state index in [1.807, 2.05) is 32.0 Å². The molecule has 0 spiro atoms. The van der Waals surface area contributed by atoms with E-state index in [0.717, 1.165) is 32.2 Å². The fourth-order valence-electron chi connectivity index (χ4n) is 1.87. The molecule has 0 aliphatic rings. The summed E-state index contributed by atoms with van der Waals surface area (Å²) in [5, 5.41) is 0.904. The second-order valence-electron chi connectivity index (χ2n) is 4.22. The lowest BCUT2D eigenvalue weighted by molar-refractivity contribution is 0.620. The van der Waals surface area contributed by atoms with Gasteiger partial charge in [0.15, 0.2) is 5.58 Å². The molecule has 0 fully saturated rings. The normalized spacial score (nSPS) is 11.3. The van der Waals surface area contributed by atoms with Gasteiger partial charge in [-0.25, -0.2) is 9.97 Å². The van der Waals surface area contributed by atoms with Crippen LogP contribution in [0.1, 0.15) is 16.3 Å². The van der Waals surface area contributed by atoms with Gasteiger partial charge in [0.05, 0.1) is 5.69 Å². The second-order valence-corrected chi connectivity index (χ2v) is 5.30. The molecule has 18 heavy (non-hydrogen) atoms. The summed E-state index contributed by atoms with van der Waals surface area (Å²) in [6.07, 6.45) is 0. The van der Waals surface area contributed by atoms with Crippen molar-refractivity contribution in [1.29, 1.82) is 0 Å². The fraction of sp³-hybridized carbons (Fsp3) is 0.231. The van der Waals surface area contributed by atoms with Crippen molar-refractivity contribution in [2.45, 2.75) is 20.4 Å². The standard InChI is InChI=1S/C13H13N3OS/c1-7-3-4-9-10(5-7)17-13(16-9)12-8(2)15-11(6-14)18-12/h3-5H,6,14H2,1-2H3. The van der Waals surface area contributed by atoms with Crippen LogP contribution in [0.15, 0.2) is 22.6 Å². The van der Waals surface area contributed by atoms with E-state index in [1.54, 1.807) is 0 Å². The van der Waals surface area contributed by atoms with Crippen LogP contribution >= 0.6 is 11.3 Å². The van der Waals surface area contributed by atoms with Crippen LogP contribution < -0.4 is 5.73 Å². The molecule has 2 heterocycles. The summed E-state index contributed by atoms with van der Waals surface area (Å²) in [4.78, 5) is 9.84. The maximum absolute atomic E-state index is 5.79. The van der Waals surface area contributed by atoms with Crippen LogP contribution in [0.5, 0.6) is 0 Å². The summed E-state index contributed by atoms with van der Waals surface area (Å²) in [5.74, 6) is 0.630. The van der Waals surface area contributed by atoms with Crippen molar-refractivity contribution >= 4 is 22.4 Å². The third-order valence-corrected chi connectivity index (χ3v) is 3.92. The molecule has 0 aliphatic carbocycles. The molecule has 2 aromatic heterocycles. The minimum atomic E-state index is 0.449. The van der Waals surface area contributed by atoms with E-state index in [-0.39, 0.29) is 0 Å². The number of aromatic nitrogens is 2. The van der Waals surface area contributed by atoms with E-state index < -0.39 is 0 Å². The Balaban J connectivity index is 2.15. The first kappa shape index (κ1) is 11.4. The molecule has 4 nitrogen and oxygen atoms in total. The molecule has 0 saturated carbocycles. The topological polar surface area (TPSA) is 64.9 Å². The van der Waals surface area contributed by atoms with Crippen LogP contribution in [0, 0.1) is 13.8 Å². The van der Waals surface area contributed by atoms with Gasteiger partial charge in [-0.15, -0.1) is 11.3 Å². The molecule has 0 amide bonds. The van der Waals surface area contributed by atoms with E-state index in [0.29, 0.717) is 12.4 Å². The Hall–Kier alpha value is -1.72. The zero-order chi connectivity index (χ0) is 12.7. The summed E-state index contributed by atoms with van der Waals surface area (Å²) < 4.78 is 5.79. The molecule has 0 atom stereocenters. The van der Waals surface area contributed by atoms with E-state index in [9.17, 15) is 0 Å². The number of nitrogens with zero attached hydrogens (tertiary/aromatic N) is 2. The zero-order valence-electron chi connectivity index (χ0n) is 10.2. The second kappa shape index (κ2) is 4.19. The number of hydrogen-bond acceptors (Lipinski definition) is 5. The molecule has 0 bridgehead atoms. The zero-order valence-corrected chi connectivity index (χ0v) is 11.0. The molecule has 3 aromatic rings. The highest BCUT2D eigenvalue weighted by molar-refractivity contribution is 7.15. The van der Waals surface area contributed by atoms with Crippen LogP contribution in [0.3, 0.4) is 0 Å². The van der Waals surface area contributed by atoms with Crippen molar-refractivity contribution in [1.82, 2.24) is 9.97 Å². The van der Waals surface area contributed by atoms with Gasteiger partial charge < -0.3 is 10.2 Å². The van der Waals surface area contributed by atoms with Crippen molar-refractivity contribution < 1.29 is 4.42 Å². The molecule has 2 N–H and O–H groups in total. The number of benzene rings is 1. The number of nitrogens with two attached hydrogens (primary N) is 1. The average Bonchev–Trinajstić information content (AvgIpc) is 2.91. The van der Waals surface area contributed by atoms with Gasteiger partial charge in [0.1, 0.15) is 15.4 Å². The first-order valence-corrected chi connectivity index (χ1v) is 6.53. The predicted octanol–water partition coefficient (Wildman–Crippen LogP) is 3.03. The van der Waals surface area contributed by atoms with Crippen LogP contribution in [0.4, 0.5) is 0 Å². The molecule has 0 saturated heterocycles. The van der Waals surface area contributed by atoms with E-state index >= 15 is 0 Å². The van der Waals surface area contributed by atoms with Gasteiger partial charge in [-0.1, -0.05) is 6.07 Å². The highest BCUT2D eigenvalue weighted by Crippen LogP contribution is 2.31. The Morgan fingerprint density at radius 3 is 2.83 bits per heavy atom. The van der Waals surface area contributed by atoms with Crippen LogP contribution in [-0.2, 0) is 6.54 Å². The monoisotopic (exact) mass is 259 g/mol. The van der Waals surface area contributed by atoms with E-state index in [2.05, 4.69) is 9.97 Å². The van der Waals surface area contributed by atoms with Gasteiger partial charge in [0.25, 0.3) is 0 Å². The van der Waals surface area contributed by atoms with Crippen LogP contribution in [0.2, 0.25) is 0 Å². The average molecular weight is 259 g/mol. The summed E-state index contributed by atoms with van der Waals surface area (Å²) in [5.41, 5.74) is 9.37. The van der Waals surface area contributed by atoms with Crippen molar-refractivity contribution in [3.63, 3.8) is 0 Å². The number of thiazole rings is 1. The quantitative estimate of drug-likeness (QED) is 0.768. The van der Waals surface area contributed by atoms with Gasteiger partial charge in [0.2, 0.25) is 5.89 Å². The van der Waals surface area contributed by atoms with Gasteiger partial charge in [-0.3, -0.25) is 0 Å². The summed E-state index contributed by atoms with van der Waals surface area (Å²) in [7, 11) is 0. The Bertz CT molecular complexity index is 714. The molecule has 0 unspecified atom stereocenters. The van der Waals surface area contributed by atoms with Crippen LogP contribution in [0.25, 0.3) is 21.9 Å². The Labute approximate surface area is 108 Å². The SMILES string of the molecule is Cc1ccc2nc(-c3sc(CN)nc3C)oc2c1. The number of hydrogen-bond donors (Lipinski definition) is 1. The first-order valence-electron chi connectivity index (χ1n) is 5.71. The van der Waals surface area contributed by atoms with Crippen molar-refractivity contribution in [2.75, 3.05) is 0 Å². The van der Waals surface area contributed by atoms with Gasteiger partial charge in [0, 0.05) is 6.54 Å². The molecule has 92 valence electrons. The Kier molecular flexibility index (Phi) is 2.65. The van der Waals surface area contributed by atoms with Gasteiger partial charge in [-0.05, 0) is 31.5 Å². The van der Waals surface area contributed by atoms with Gasteiger partial charge in [-0.2, -0.15) is 0 Å². The lowest BCUT2D eigenvalue weighted by atomic mass is 10.2. The Morgan fingerprint density at radius 2 is 2.11 bits per heavy atom. The lowest BCUT2D eigenvalue weighted by Gasteiger charge is -1.89. The molecule has 0 radical (unpaired) electrons. The van der Waals surface area contributed by atoms with Crippen LogP contribution in [-0.4, -0.2) is 9.97 Å². The molecular formula is C13H13N3OS. The third-order valence-electron chi connectivity index (χ3n) is 2.75. The smallest absolute Gasteiger partial charge is 0.239 e. The number of fused-ring (bicyclic) bond motifs is 1. The van der Waals surface area contributed by atoms with Crippen molar-refractivity contribution in [2.24, 2.45) is 5.73 Å². The maximum Gasteiger partial charge on any atom is 0.239 e. The molecule has 3 rings (SSSR count). The van der Waals surface area contributed by atoms with E-state index in [1.165, 1.54) is 11.3 Å². The maximum atomic E-state index is 5.79. The minimum Gasteiger partial charge on any atom is -0.435 e. The molecule has 0 aliphatic heterocycles. The van der Waals surface area contributed by atoms with Crippen molar-refractivity contribution in [3.05, 3.63) is 34.5 Å². The molecular weight excluding hydrogens is 246 g/mol. The highest BCUT2D eigenvalue weighted by Gasteiger charge is 2.15. The predicted molar refractivity (Wildman–Crippen MR) is 72.5 cm³/mol. The van der Waals surface area contributed by atoms with Gasteiger partial charge >= 0.3 is 0 Å². The summed E-state index contributed by atoms with van der Waals surface area (Å²) in [6.45, 7) is 4.43. The first-order chi connectivity index (χ1) is 8.67. The third kappa shape index (κ3) is 1.81. The molecule has 5 heteroatoms. The fourth-order valence-corrected chi connectivity index (χ4v) is 2.74. The highest BCUT2D eigenvalue weighted by atomic mass is 32.1.